The maximum absolute atomic E-state index is 15.6. The second-order valence-electron chi connectivity index (χ2n) is 15.9. The zero-order valence-corrected chi connectivity index (χ0v) is 32.4. The first kappa shape index (κ1) is 39.1. The average Bonchev–Trinajstić information content (AvgIpc) is 3.23. The predicted octanol–water partition coefficient (Wildman–Crippen LogP) is 4.77. The topological polar surface area (TPSA) is 159 Å². The van der Waals surface area contributed by atoms with E-state index in [0.717, 1.165) is 51.6 Å². The van der Waals surface area contributed by atoms with E-state index in [1.807, 2.05) is 0 Å². The number of anilines is 3. The smallest absolute Gasteiger partial charge is 0.255 e. The van der Waals surface area contributed by atoms with Crippen LogP contribution < -0.4 is 31.7 Å². The van der Waals surface area contributed by atoms with E-state index in [2.05, 4.69) is 30.3 Å². The Kier molecular flexibility index (Phi) is 11.5. The zero-order chi connectivity index (χ0) is 40.3. The molecule has 4 aromatic rings. The van der Waals surface area contributed by atoms with Gasteiger partial charge in [-0.15, -0.1) is 0 Å². The number of aromatic nitrogens is 3. The molecule has 2 aromatic heterocycles. The van der Waals surface area contributed by atoms with E-state index in [1.165, 1.54) is 22.9 Å². The summed E-state index contributed by atoms with van der Waals surface area (Å²) in [6.45, 7) is 2.95. The first-order chi connectivity index (χ1) is 28.1. The molecule has 2 saturated heterocycles. The number of piperidine rings is 1. The normalized spacial score (nSPS) is 24.2. The van der Waals surface area contributed by atoms with Crippen LogP contribution in [-0.4, -0.2) is 87.5 Å². The van der Waals surface area contributed by atoms with Crippen LogP contribution in [0.4, 0.5) is 26.1 Å². The molecule has 304 valence electrons. The van der Waals surface area contributed by atoms with E-state index in [9.17, 15) is 19.2 Å². The number of amides is 3. The second-order valence-corrected chi connectivity index (χ2v) is 15.9. The van der Waals surface area contributed by atoms with Crippen molar-refractivity contribution < 1.29 is 23.2 Å². The number of hydrogen-bond donors (Lipinski definition) is 3. The molecule has 3 amide bonds. The number of benzene rings is 2. The monoisotopic (exact) mass is 793 g/mol. The summed E-state index contributed by atoms with van der Waals surface area (Å²) >= 11 is 0. The van der Waals surface area contributed by atoms with Gasteiger partial charge < -0.3 is 20.9 Å². The fraction of sp³-hybridized carbons (Fsp3) is 0.442. The third-order valence-corrected chi connectivity index (χ3v) is 12.4. The molecular formula is C43H49F2N9O4. The maximum atomic E-state index is 15.6. The van der Waals surface area contributed by atoms with Crippen molar-refractivity contribution >= 4 is 35.0 Å². The number of carbonyl (C=O) groups excluding carboxylic acids is 3. The maximum Gasteiger partial charge on any atom is 0.255 e. The van der Waals surface area contributed by atoms with Gasteiger partial charge in [0.15, 0.2) is 5.82 Å². The molecule has 1 atom stereocenters. The summed E-state index contributed by atoms with van der Waals surface area (Å²) in [5.41, 5.74) is 7.83. The van der Waals surface area contributed by atoms with Gasteiger partial charge in [0.2, 0.25) is 23.7 Å². The lowest BCUT2D eigenvalue weighted by molar-refractivity contribution is -0.133. The van der Waals surface area contributed by atoms with Gasteiger partial charge in [0.1, 0.15) is 17.6 Å². The Labute approximate surface area is 335 Å². The summed E-state index contributed by atoms with van der Waals surface area (Å²) in [6.07, 6.45) is 10.1. The van der Waals surface area contributed by atoms with Crippen molar-refractivity contribution in [1.29, 1.82) is 0 Å². The van der Waals surface area contributed by atoms with Crippen LogP contribution in [0.1, 0.15) is 64.2 Å². The first-order valence-electron chi connectivity index (χ1n) is 20.4. The summed E-state index contributed by atoms with van der Waals surface area (Å²) in [7, 11) is 0. The van der Waals surface area contributed by atoms with Gasteiger partial charge in [-0.25, -0.2) is 18.7 Å². The highest BCUT2D eigenvalue weighted by Gasteiger charge is 2.37. The molecule has 0 bridgehead atoms. The summed E-state index contributed by atoms with van der Waals surface area (Å²) in [5, 5.41) is 5.38. The summed E-state index contributed by atoms with van der Waals surface area (Å²) < 4.78 is 32.5. The fourth-order valence-corrected chi connectivity index (χ4v) is 9.31. The molecule has 0 radical (unpaired) electrons. The van der Waals surface area contributed by atoms with Crippen LogP contribution in [0.2, 0.25) is 0 Å². The Balaban J connectivity index is 0.939. The molecule has 13 nitrogen and oxygen atoms in total. The highest BCUT2D eigenvalue weighted by Crippen LogP contribution is 2.37. The van der Waals surface area contributed by atoms with Crippen molar-refractivity contribution in [3.05, 3.63) is 95.0 Å². The lowest BCUT2D eigenvalue weighted by atomic mass is 9.82. The van der Waals surface area contributed by atoms with Crippen molar-refractivity contribution in [2.24, 2.45) is 11.7 Å². The molecular weight excluding hydrogens is 745 g/mol. The number of carbonyl (C=O) groups is 3. The molecule has 15 heteroatoms. The quantitative estimate of drug-likeness (QED) is 0.191. The largest absolute Gasteiger partial charge is 0.374 e. The molecule has 2 aliphatic carbocycles. The van der Waals surface area contributed by atoms with Crippen LogP contribution in [0, 0.1) is 17.6 Å². The molecule has 2 aliphatic heterocycles. The third-order valence-electron chi connectivity index (χ3n) is 12.4. The highest BCUT2D eigenvalue weighted by atomic mass is 19.1. The van der Waals surface area contributed by atoms with Gasteiger partial charge in [0.25, 0.3) is 5.56 Å². The van der Waals surface area contributed by atoms with E-state index < -0.39 is 17.8 Å². The second kappa shape index (κ2) is 17.0. The molecule has 0 spiro atoms. The summed E-state index contributed by atoms with van der Waals surface area (Å²) in [5.74, 6) is -1.59. The van der Waals surface area contributed by atoms with Gasteiger partial charge in [0.05, 0.1) is 11.9 Å². The average molecular weight is 794 g/mol. The van der Waals surface area contributed by atoms with Crippen LogP contribution in [0.25, 0.3) is 16.9 Å². The van der Waals surface area contributed by atoms with Crippen LogP contribution >= 0.6 is 0 Å². The van der Waals surface area contributed by atoms with Crippen molar-refractivity contribution in [2.45, 2.75) is 88.4 Å². The third kappa shape index (κ3) is 8.45. The summed E-state index contributed by atoms with van der Waals surface area (Å²) in [4.78, 5) is 64.6. The molecule has 4 fully saturated rings. The van der Waals surface area contributed by atoms with Gasteiger partial charge in [-0.1, -0.05) is 18.2 Å². The zero-order valence-electron chi connectivity index (χ0n) is 32.4. The van der Waals surface area contributed by atoms with Crippen LogP contribution in [0.5, 0.6) is 0 Å². The number of nitrogens with zero attached hydrogens (tertiary/aromatic N) is 6. The van der Waals surface area contributed by atoms with Crippen LogP contribution in [0.15, 0.2) is 77.9 Å². The number of pyridine rings is 1. The number of hydrogen-bond acceptors (Lipinski definition) is 10. The molecule has 2 saturated carbocycles. The van der Waals surface area contributed by atoms with E-state index in [1.54, 1.807) is 54.7 Å². The Bertz CT molecular complexity index is 2210. The molecule has 4 aliphatic rings. The Hall–Kier alpha value is -5.70. The number of rotatable bonds is 10. The van der Waals surface area contributed by atoms with Crippen LogP contribution in [-0.2, 0) is 14.4 Å². The molecule has 4 heterocycles. The Morgan fingerprint density at radius 3 is 2.26 bits per heavy atom. The minimum atomic E-state index is -0.580. The number of imide groups is 1. The van der Waals surface area contributed by atoms with Crippen molar-refractivity contribution in [2.75, 3.05) is 41.3 Å². The minimum absolute atomic E-state index is 0.0637. The van der Waals surface area contributed by atoms with Gasteiger partial charge in [-0.2, -0.15) is 0 Å². The van der Waals surface area contributed by atoms with E-state index in [-0.39, 0.29) is 53.3 Å². The van der Waals surface area contributed by atoms with Gasteiger partial charge >= 0.3 is 0 Å². The molecule has 0 unspecified atom stereocenters. The molecule has 4 N–H and O–H groups in total. The van der Waals surface area contributed by atoms with Crippen molar-refractivity contribution in [1.82, 2.24) is 24.8 Å². The number of nitrogens with one attached hydrogen (secondary N) is 2. The van der Waals surface area contributed by atoms with Crippen LogP contribution in [0.3, 0.4) is 0 Å². The first-order valence-corrected chi connectivity index (χ1v) is 20.4. The van der Waals surface area contributed by atoms with Crippen molar-refractivity contribution in [3.63, 3.8) is 0 Å². The van der Waals surface area contributed by atoms with E-state index >= 15 is 8.78 Å². The Morgan fingerprint density at radius 2 is 1.57 bits per heavy atom. The lowest BCUT2D eigenvalue weighted by Crippen LogP contribution is -2.54. The van der Waals surface area contributed by atoms with Crippen molar-refractivity contribution in [3.8, 4) is 16.9 Å². The highest BCUT2D eigenvalue weighted by molar-refractivity contribution is 6.01. The number of primary amides is 1. The standard InChI is InChI=1S/C43H49F2N9O4/c44-34-25-29(48-36-16-18-38(55)49-42(36)58)9-17-37(34)52-22-20-51(21-23-52)30-12-14-32(15-13-30)54(31-10-7-27(8-11-31)41(46)57)43-47-26-35(45)40(50-43)28-4-3-5-33(24-28)53-19-2-1-6-39(53)56/h1-6,9,17,19,24-27,30-32,36,48H,7-8,10-16,18,20-23H2,(H2,46,57)(H,49,55,58)/t27?,30?,31?,32?,36-/m0/s1. The predicted molar refractivity (Wildman–Crippen MR) is 216 cm³/mol. The van der Waals surface area contributed by atoms with E-state index in [4.69, 9.17) is 10.7 Å². The molecule has 58 heavy (non-hydrogen) atoms. The number of nitrogens with two attached hydrogens (primary N) is 1. The molecule has 8 rings (SSSR count). The summed E-state index contributed by atoms with van der Waals surface area (Å²) in [6, 6.07) is 16.9. The lowest BCUT2D eigenvalue weighted by Gasteiger charge is -2.46. The van der Waals surface area contributed by atoms with E-state index in [0.29, 0.717) is 67.0 Å². The van der Waals surface area contributed by atoms with Gasteiger partial charge in [0, 0.05) is 85.8 Å². The van der Waals surface area contributed by atoms with Gasteiger partial charge in [-0.3, -0.25) is 34.0 Å². The SMILES string of the molecule is NC(=O)C1CCC(N(c2ncc(F)c(-c3cccc(-n4ccccc4=O)c3)n2)C2CCC(N3CCN(c4ccc(N[C@H]5CCC(=O)NC5=O)cc4F)CC3)CC2)CC1. The number of piperazine rings is 1. The minimum Gasteiger partial charge on any atom is -0.374 e. The fourth-order valence-electron chi connectivity index (χ4n) is 9.31. The number of halogens is 2. The molecule has 2 aromatic carbocycles. The van der Waals surface area contributed by atoms with Gasteiger partial charge in [-0.05, 0) is 94.2 Å². The Morgan fingerprint density at radius 1 is 0.828 bits per heavy atom.